The van der Waals surface area contributed by atoms with E-state index in [9.17, 15) is 9.50 Å². The minimum absolute atomic E-state index is 0.340. The van der Waals surface area contributed by atoms with Crippen LogP contribution in [0.4, 0.5) is 4.39 Å². The second-order valence-corrected chi connectivity index (χ2v) is 5.43. The molecule has 1 N–H and O–H groups in total. The highest BCUT2D eigenvalue weighted by Gasteiger charge is 2.16. The largest absolute Gasteiger partial charge is 0.388 e. The van der Waals surface area contributed by atoms with E-state index in [1.165, 1.54) is 18.9 Å². The summed E-state index contributed by atoms with van der Waals surface area (Å²) in [4.78, 5) is 2.32. The summed E-state index contributed by atoms with van der Waals surface area (Å²) in [5, 5.41) is 9.97. The zero-order chi connectivity index (χ0) is 12.3. The SMILES string of the molecule is OC(CCN1CCCC1)c1ccc(Br)cc1F. The molecule has 0 bridgehead atoms. The summed E-state index contributed by atoms with van der Waals surface area (Å²) in [6.07, 6.45) is 2.37. The highest BCUT2D eigenvalue weighted by Crippen LogP contribution is 2.24. The first-order valence-electron chi connectivity index (χ1n) is 6.02. The van der Waals surface area contributed by atoms with Crippen LogP contribution in [0.1, 0.15) is 30.9 Å². The Kier molecular flexibility index (Phi) is 4.54. The Labute approximate surface area is 110 Å². The van der Waals surface area contributed by atoms with Crippen molar-refractivity contribution < 1.29 is 9.50 Å². The Hall–Kier alpha value is -0.450. The average molecular weight is 302 g/mol. The Morgan fingerprint density at radius 2 is 2.06 bits per heavy atom. The van der Waals surface area contributed by atoms with Gasteiger partial charge in [-0.3, -0.25) is 0 Å². The topological polar surface area (TPSA) is 23.5 Å². The molecular weight excluding hydrogens is 285 g/mol. The summed E-state index contributed by atoms with van der Waals surface area (Å²) in [6, 6.07) is 4.81. The number of hydrogen-bond donors (Lipinski definition) is 1. The van der Waals surface area contributed by atoms with Gasteiger partial charge in [0.05, 0.1) is 6.10 Å². The van der Waals surface area contributed by atoms with Gasteiger partial charge in [-0.2, -0.15) is 0 Å². The molecule has 17 heavy (non-hydrogen) atoms. The number of benzene rings is 1. The summed E-state index contributed by atoms with van der Waals surface area (Å²) >= 11 is 3.21. The predicted molar refractivity (Wildman–Crippen MR) is 69.4 cm³/mol. The van der Waals surface area contributed by atoms with Crippen LogP contribution < -0.4 is 0 Å². The zero-order valence-electron chi connectivity index (χ0n) is 9.70. The van der Waals surface area contributed by atoms with Gasteiger partial charge in [0.2, 0.25) is 0 Å². The van der Waals surface area contributed by atoms with Crippen molar-refractivity contribution in [2.45, 2.75) is 25.4 Å². The van der Waals surface area contributed by atoms with Gasteiger partial charge in [0.25, 0.3) is 0 Å². The van der Waals surface area contributed by atoms with Crippen LogP contribution in [0.3, 0.4) is 0 Å². The van der Waals surface area contributed by atoms with Gasteiger partial charge in [-0.25, -0.2) is 4.39 Å². The summed E-state index contributed by atoms with van der Waals surface area (Å²) in [5.74, 6) is -0.340. The van der Waals surface area contributed by atoms with Crippen molar-refractivity contribution in [3.05, 3.63) is 34.1 Å². The number of likely N-dealkylation sites (tertiary alicyclic amines) is 1. The van der Waals surface area contributed by atoms with Crippen LogP contribution in [-0.4, -0.2) is 29.6 Å². The molecule has 0 spiro atoms. The molecule has 4 heteroatoms. The molecular formula is C13H17BrFNO. The van der Waals surface area contributed by atoms with Gasteiger partial charge in [0.15, 0.2) is 0 Å². The van der Waals surface area contributed by atoms with E-state index in [2.05, 4.69) is 20.8 Å². The van der Waals surface area contributed by atoms with Gasteiger partial charge in [0, 0.05) is 16.6 Å². The van der Waals surface area contributed by atoms with E-state index in [1.807, 2.05) is 0 Å². The van der Waals surface area contributed by atoms with Gasteiger partial charge in [-0.05, 0) is 44.5 Å². The standard InChI is InChI=1S/C13H17BrFNO/c14-10-3-4-11(12(15)9-10)13(17)5-8-16-6-1-2-7-16/h3-4,9,13,17H,1-2,5-8H2. The third-order valence-electron chi connectivity index (χ3n) is 3.24. The summed E-state index contributed by atoms with van der Waals surface area (Å²) < 4.78 is 14.3. The average Bonchev–Trinajstić information content (AvgIpc) is 2.78. The van der Waals surface area contributed by atoms with Crippen molar-refractivity contribution in [2.24, 2.45) is 0 Å². The normalized spacial score (nSPS) is 18.5. The monoisotopic (exact) mass is 301 g/mol. The molecule has 1 aromatic carbocycles. The first-order chi connectivity index (χ1) is 8.16. The maximum Gasteiger partial charge on any atom is 0.130 e. The molecule has 1 saturated heterocycles. The molecule has 1 unspecified atom stereocenters. The molecule has 94 valence electrons. The molecule has 2 nitrogen and oxygen atoms in total. The molecule has 0 saturated carbocycles. The van der Waals surface area contributed by atoms with Crippen LogP contribution in [0.25, 0.3) is 0 Å². The number of hydrogen-bond acceptors (Lipinski definition) is 2. The van der Waals surface area contributed by atoms with Gasteiger partial charge in [-0.15, -0.1) is 0 Å². The maximum absolute atomic E-state index is 13.6. The lowest BCUT2D eigenvalue weighted by Crippen LogP contribution is -2.22. The molecule has 1 atom stereocenters. The zero-order valence-corrected chi connectivity index (χ0v) is 11.3. The van der Waals surface area contributed by atoms with Crippen molar-refractivity contribution in [3.8, 4) is 0 Å². The van der Waals surface area contributed by atoms with Crippen LogP contribution in [-0.2, 0) is 0 Å². The molecule has 0 amide bonds. The fourth-order valence-electron chi connectivity index (χ4n) is 2.24. The van der Waals surface area contributed by atoms with Gasteiger partial charge in [-0.1, -0.05) is 22.0 Å². The minimum atomic E-state index is -0.705. The molecule has 2 rings (SSSR count). The molecule has 1 fully saturated rings. The highest BCUT2D eigenvalue weighted by atomic mass is 79.9. The smallest absolute Gasteiger partial charge is 0.130 e. The first kappa shape index (κ1) is 13.0. The lowest BCUT2D eigenvalue weighted by Gasteiger charge is -2.18. The van der Waals surface area contributed by atoms with Crippen LogP contribution >= 0.6 is 15.9 Å². The number of aliphatic hydroxyl groups is 1. The lowest BCUT2D eigenvalue weighted by molar-refractivity contribution is 0.145. The first-order valence-corrected chi connectivity index (χ1v) is 6.81. The van der Waals surface area contributed by atoms with E-state index in [0.717, 1.165) is 19.6 Å². The van der Waals surface area contributed by atoms with E-state index in [4.69, 9.17) is 0 Å². The van der Waals surface area contributed by atoms with E-state index < -0.39 is 6.10 Å². The quantitative estimate of drug-likeness (QED) is 0.924. The molecule has 0 radical (unpaired) electrons. The van der Waals surface area contributed by atoms with Gasteiger partial charge >= 0.3 is 0 Å². The second kappa shape index (κ2) is 5.94. The van der Waals surface area contributed by atoms with E-state index in [0.29, 0.717) is 16.5 Å². The lowest BCUT2D eigenvalue weighted by atomic mass is 10.1. The molecule has 0 aliphatic carbocycles. The van der Waals surface area contributed by atoms with Crippen molar-refractivity contribution in [1.29, 1.82) is 0 Å². The molecule has 1 aliphatic heterocycles. The van der Waals surface area contributed by atoms with E-state index in [-0.39, 0.29) is 5.82 Å². The third kappa shape index (κ3) is 3.50. The second-order valence-electron chi connectivity index (χ2n) is 4.52. The summed E-state index contributed by atoms with van der Waals surface area (Å²) in [5.41, 5.74) is 0.396. The van der Waals surface area contributed by atoms with Crippen LogP contribution in [0, 0.1) is 5.82 Å². The molecule has 1 aromatic rings. The molecule has 1 aliphatic rings. The molecule has 1 heterocycles. The maximum atomic E-state index is 13.6. The van der Waals surface area contributed by atoms with E-state index >= 15 is 0 Å². The Morgan fingerprint density at radius 3 is 2.71 bits per heavy atom. The van der Waals surface area contributed by atoms with Crippen molar-refractivity contribution >= 4 is 15.9 Å². The Balaban J connectivity index is 1.91. The van der Waals surface area contributed by atoms with Crippen molar-refractivity contribution in [3.63, 3.8) is 0 Å². The third-order valence-corrected chi connectivity index (χ3v) is 3.73. The summed E-state index contributed by atoms with van der Waals surface area (Å²) in [7, 11) is 0. The number of nitrogens with zero attached hydrogens (tertiary/aromatic N) is 1. The number of aliphatic hydroxyl groups excluding tert-OH is 1. The fourth-order valence-corrected chi connectivity index (χ4v) is 2.57. The van der Waals surface area contributed by atoms with Gasteiger partial charge in [0.1, 0.15) is 5.82 Å². The van der Waals surface area contributed by atoms with Crippen molar-refractivity contribution in [2.75, 3.05) is 19.6 Å². The van der Waals surface area contributed by atoms with Crippen LogP contribution in [0.15, 0.2) is 22.7 Å². The predicted octanol–water partition coefficient (Wildman–Crippen LogP) is 3.11. The van der Waals surface area contributed by atoms with Gasteiger partial charge < -0.3 is 10.0 Å². The minimum Gasteiger partial charge on any atom is -0.388 e. The summed E-state index contributed by atoms with van der Waals surface area (Å²) in [6.45, 7) is 3.06. The highest BCUT2D eigenvalue weighted by molar-refractivity contribution is 9.10. The number of rotatable bonds is 4. The Bertz CT molecular complexity index is 380. The van der Waals surface area contributed by atoms with Crippen LogP contribution in [0.5, 0.6) is 0 Å². The Morgan fingerprint density at radius 1 is 1.35 bits per heavy atom. The van der Waals surface area contributed by atoms with E-state index in [1.54, 1.807) is 12.1 Å². The fraction of sp³-hybridized carbons (Fsp3) is 0.538. The number of halogens is 2. The van der Waals surface area contributed by atoms with Crippen LogP contribution in [0.2, 0.25) is 0 Å². The van der Waals surface area contributed by atoms with Crippen molar-refractivity contribution in [1.82, 2.24) is 4.90 Å². The molecule has 0 aromatic heterocycles.